The molecule has 1 nitrogen and oxygen atoms in total. The Kier molecular flexibility index (Phi) is 1.50. The molecular formula is C9H11BO. The second-order valence-electron chi connectivity index (χ2n) is 3.33. The van der Waals surface area contributed by atoms with Gasteiger partial charge in [0.2, 0.25) is 0 Å². The van der Waals surface area contributed by atoms with Gasteiger partial charge >= 0.3 is 0 Å². The second-order valence-corrected chi connectivity index (χ2v) is 3.33. The summed E-state index contributed by atoms with van der Waals surface area (Å²) in [5.74, 6) is 0.396. The van der Waals surface area contributed by atoms with Gasteiger partial charge in [-0.2, -0.15) is 0 Å². The minimum Gasteiger partial charge on any atom is -0.389 e. The first-order valence-electron chi connectivity index (χ1n) is 4.05. The summed E-state index contributed by atoms with van der Waals surface area (Å²) in [7, 11) is 2.09. The van der Waals surface area contributed by atoms with E-state index < -0.39 is 0 Å². The highest BCUT2D eigenvalue weighted by Crippen LogP contribution is 2.37. The van der Waals surface area contributed by atoms with Crippen molar-refractivity contribution in [3.8, 4) is 0 Å². The van der Waals surface area contributed by atoms with Gasteiger partial charge in [-0.05, 0) is 23.4 Å². The highest BCUT2D eigenvalue weighted by Gasteiger charge is 2.26. The van der Waals surface area contributed by atoms with E-state index in [2.05, 4.69) is 13.9 Å². The summed E-state index contributed by atoms with van der Waals surface area (Å²) in [6, 6.07) is 8.13. The lowest BCUT2D eigenvalue weighted by Gasteiger charge is -2.07. The zero-order chi connectivity index (χ0) is 7.84. The van der Waals surface area contributed by atoms with E-state index in [1.165, 1.54) is 5.56 Å². The molecule has 11 heavy (non-hydrogen) atoms. The van der Waals surface area contributed by atoms with Crippen molar-refractivity contribution in [2.45, 2.75) is 18.3 Å². The number of fused-ring (bicyclic) bond motifs is 1. The second kappa shape index (κ2) is 2.38. The number of aliphatic hydroxyl groups is 1. The fourth-order valence-corrected chi connectivity index (χ4v) is 1.77. The summed E-state index contributed by atoms with van der Waals surface area (Å²) in [6.07, 6.45) is 0.795. The van der Waals surface area contributed by atoms with Crippen molar-refractivity contribution in [1.29, 1.82) is 0 Å². The molecule has 0 aliphatic heterocycles. The van der Waals surface area contributed by atoms with E-state index in [0.29, 0.717) is 5.82 Å². The molecule has 1 aromatic rings. The van der Waals surface area contributed by atoms with Gasteiger partial charge in [0.1, 0.15) is 7.85 Å². The van der Waals surface area contributed by atoms with Crippen LogP contribution < -0.4 is 0 Å². The molecule has 0 aromatic heterocycles. The third-order valence-electron chi connectivity index (χ3n) is 2.45. The fraction of sp³-hybridized carbons (Fsp3) is 0.333. The van der Waals surface area contributed by atoms with Crippen molar-refractivity contribution in [2.75, 3.05) is 0 Å². The number of aliphatic hydroxyl groups excluding tert-OH is 1. The topological polar surface area (TPSA) is 20.2 Å². The average Bonchev–Trinajstić information content (AvgIpc) is 2.30. The zero-order valence-corrected chi connectivity index (χ0v) is 6.62. The quantitative estimate of drug-likeness (QED) is 0.534. The van der Waals surface area contributed by atoms with Crippen LogP contribution in [0.15, 0.2) is 24.3 Å². The maximum Gasteiger partial charge on any atom is 0.109 e. The molecule has 0 heterocycles. The Morgan fingerprint density at radius 1 is 1.36 bits per heavy atom. The molecule has 0 spiro atoms. The van der Waals surface area contributed by atoms with Gasteiger partial charge in [-0.3, -0.25) is 0 Å². The van der Waals surface area contributed by atoms with E-state index in [4.69, 9.17) is 0 Å². The first-order valence-corrected chi connectivity index (χ1v) is 4.05. The van der Waals surface area contributed by atoms with E-state index in [1.54, 1.807) is 0 Å². The smallest absolute Gasteiger partial charge is 0.109 e. The molecular weight excluding hydrogens is 135 g/mol. The minimum atomic E-state index is -0.230. The highest BCUT2D eigenvalue weighted by molar-refractivity contribution is 6.12. The van der Waals surface area contributed by atoms with E-state index in [0.717, 1.165) is 12.0 Å². The normalized spacial score (nSPS) is 28.5. The third kappa shape index (κ3) is 0.981. The Balaban J connectivity index is 2.47. The predicted molar refractivity (Wildman–Crippen MR) is 47.4 cm³/mol. The molecule has 56 valence electrons. The molecule has 2 heteroatoms. The van der Waals surface area contributed by atoms with Gasteiger partial charge in [0.25, 0.3) is 0 Å². The lowest BCUT2D eigenvalue weighted by atomic mass is 9.83. The molecule has 0 bridgehead atoms. The summed E-state index contributed by atoms with van der Waals surface area (Å²) in [5.41, 5.74) is 2.44. The Morgan fingerprint density at radius 2 is 2.09 bits per heavy atom. The maximum atomic E-state index is 9.65. The molecule has 2 unspecified atom stereocenters. The van der Waals surface area contributed by atoms with E-state index in [9.17, 15) is 5.11 Å². The Morgan fingerprint density at radius 3 is 2.82 bits per heavy atom. The predicted octanol–water partition coefficient (Wildman–Crippen LogP) is 0.698. The minimum absolute atomic E-state index is 0.230. The first kappa shape index (κ1) is 6.92. The SMILES string of the molecule is BC1Cc2ccccc2C1O. The number of hydrogen-bond acceptors (Lipinski definition) is 1. The van der Waals surface area contributed by atoms with Crippen LogP contribution in [0.3, 0.4) is 0 Å². The van der Waals surface area contributed by atoms with Gasteiger partial charge in [0.15, 0.2) is 0 Å². The van der Waals surface area contributed by atoms with Crippen LogP contribution in [0.1, 0.15) is 17.2 Å². The van der Waals surface area contributed by atoms with E-state index in [1.807, 2.05) is 18.2 Å². The summed E-state index contributed by atoms with van der Waals surface area (Å²) in [4.78, 5) is 0. The van der Waals surface area contributed by atoms with Crippen molar-refractivity contribution in [1.82, 2.24) is 0 Å². The van der Waals surface area contributed by atoms with Crippen LogP contribution in [-0.4, -0.2) is 13.0 Å². The fourth-order valence-electron chi connectivity index (χ4n) is 1.77. The van der Waals surface area contributed by atoms with Crippen LogP contribution in [0.2, 0.25) is 5.82 Å². The van der Waals surface area contributed by atoms with Gasteiger partial charge in [0, 0.05) is 0 Å². The standard InChI is InChI=1S/C9H11BO/c10-8-5-6-3-1-2-4-7(6)9(8)11/h1-4,8-9,11H,5,10H2. The Bertz CT molecular complexity index is 272. The number of benzene rings is 1. The molecule has 0 fully saturated rings. The van der Waals surface area contributed by atoms with Crippen LogP contribution in [0.5, 0.6) is 0 Å². The molecule has 0 saturated carbocycles. The molecule has 2 rings (SSSR count). The molecule has 1 N–H and O–H groups in total. The molecule has 0 radical (unpaired) electrons. The third-order valence-corrected chi connectivity index (χ3v) is 2.45. The van der Waals surface area contributed by atoms with Gasteiger partial charge in [0.05, 0.1) is 6.10 Å². The monoisotopic (exact) mass is 146 g/mol. The summed E-state index contributed by atoms with van der Waals surface area (Å²) in [5, 5.41) is 9.65. The highest BCUT2D eigenvalue weighted by atomic mass is 16.3. The molecule has 1 aliphatic carbocycles. The molecule has 2 atom stereocenters. The van der Waals surface area contributed by atoms with E-state index >= 15 is 0 Å². The van der Waals surface area contributed by atoms with Gasteiger partial charge in [-0.15, -0.1) is 0 Å². The van der Waals surface area contributed by atoms with Gasteiger partial charge in [-0.1, -0.05) is 24.3 Å². The summed E-state index contributed by atoms with van der Waals surface area (Å²) in [6.45, 7) is 0. The van der Waals surface area contributed by atoms with Gasteiger partial charge in [-0.25, -0.2) is 0 Å². The van der Waals surface area contributed by atoms with Crippen LogP contribution in [0, 0.1) is 0 Å². The van der Waals surface area contributed by atoms with Crippen LogP contribution in [0.25, 0.3) is 0 Å². The van der Waals surface area contributed by atoms with Crippen LogP contribution in [0.4, 0.5) is 0 Å². The average molecular weight is 146 g/mol. The molecule has 1 aliphatic rings. The van der Waals surface area contributed by atoms with Crippen LogP contribution in [-0.2, 0) is 6.42 Å². The number of hydrogen-bond donors (Lipinski definition) is 1. The number of rotatable bonds is 0. The largest absolute Gasteiger partial charge is 0.389 e. The molecule has 0 amide bonds. The molecule has 0 saturated heterocycles. The van der Waals surface area contributed by atoms with Crippen molar-refractivity contribution in [2.24, 2.45) is 0 Å². The van der Waals surface area contributed by atoms with Crippen molar-refractivity contribution in [3.05, 3.63) is 35.4 Å². The Hall–Kier alpha value is -0.755. The maximum absolute atomic E-state index is 9.65. The van der Waals surface area contributed by atoms with Gasteiger partial charge < -0.3 is 5.11 Å². The van der Waals surface area contributed by atoms with E-state index in [-0.39, 0.29) is 6.10 Å². The Labute approximate surface area is 67.5 Å². The van der Waals surface area contributed by atoms with Crippen LogP contribution >= 0.6 is 0 Å². The van der Waals surface area contributed by atoms with Crippen molar-refractivity contribution >= 4 is 7.85 Å². The van der Waals surface area contributed by atoms with Crippen molar-refractivity contribution < 1.29 is 5.11 Å². The van der Waals surface area contributed by atoms with Crippen molar-refractivity contribution in [3.63, 3.8) is 0 Å². The lowest BCUT2D eigenvalue weighted by Crippen LogP contribution is -1.98. The lowest BCUT2D eigenvalue weighted by molar-refractivity contribution is 0.181. The molecule has 1 aromatic carbocycles. The first-order chi connectivity index (χ1) is 5.29. The summed E-state index contributed by atoms with van der Waals surface area (Å²) >= 11 is 0. The summed E-state index contributed by atoms with van der Waals surface area (Å²) < 4.78 is 0. The zero-order valence-electron chi connectivity index (χ0n) is 6.62.